The summed E-state index contributed by atoms with van der Waals surface area (Å²) in [6.07, 6.45) is 4.94. The van der Waals surface area contributed by atoms with Crippen molar-refractivity contribution in [1.82, 2.24) is 19.9 Å². The molecular weight excluding hydrogens is 302 g/mol. The molecule has 0 bridgehead atoms. The van der Waals surface area contributed by atoms with Crippen LogP contribution < -0.4 is 0 Å². The van der Waals surface area contributed by atoms with Crippen LogP contribution in [0, 0.1) is 11.6 Å². The molecule has 7 heteroatoms. The van der Waals surface area contributed by atoms with Gasteiger partial charge in [-0.2, -0.15) is 0 Å². The van der Waals surface area contributed by atoms with Crippen molar-refractivity contribution in [3.8, 4) is 0 Å². The summed E-state index contributed by atoms with van der Waals surface area (Å²) in [6, 6.07) is 3.46. The predicted molar refractivity (Wildman–Crippen MR) is 77.9 cm³/mol. The molecule has 1 aliphatic heterocycles. The van der Waals surface area contributed by atoms with E-state index in [0.29, 0.717) is 25.4 Å². The molecule has 2 fully saturated rings. The van der Waals surface area contributed by atoms with Crippen molar-refractivity contribution in [2.24, 2.45) is 0 Å². The van der Waals surface area contributed by atoms with Crippen LogP contribution in [0.2, 0.25) is 0 Å². The van der Waals surface area contributed by atoms with Crippen molar-refractivity contribution >= 4 is 5.91 Å². The lowest BCUT2D eigenvalue weighted by molar-refractivity contribution is 0.0777. The third-order valence-electron chi connectivity index (χ3n) is 4.52. The van der Waals surface area contributed by atoms with E-state index in [1.165, 1.54) is 11.0 Å². The Morgan fingerprint density at radius 2 is 1.91 bits per heavy atom. The van der Waals surface area contributed by atoms with Crippen LogP contribution in [0.15, 0.2) is 24.4 Å². The van der Waals surface area contributed by atoms with Crippen LogP contribution in [0.5, 0.6) is 0 Å². The van der Waals surface area contributed by atoms with Gasteiger partial charge in [-0.1, -0.05) is 11.3 Å². The molecule has 2 heterocycles. The summed E-state index contributed by atoms with van der Waals surface area (Å²) >= 11 is 0. The van der Waals surface area contributed by atoms with E-state index < -0.39 is 23.1 Å². The molecule has 2 aromatic rings. The highest BCUT2D eigenvalue weighted by atomic mass is 19.1. The van der Waals surface area contributed by atoms with Crippen molar-refractivity contribution < 1.29 is 13.6 Å². The molecule has 0 radical (unpaired) electrons. The summed E-state index contributed by atoms with van der Waals surface area (Å²) < 4.78 is 29.3. The Morgan fingerprint density at radius 3 is 2.61 bits per heavy atom. The van der Waals surface area contributed by atoms with E-state index in [1.54, 1.807) is 4.68 Å². The summed E-state index contributed by atoms with van der Waals surface area (Å²) in [5.41, 5.74) is 0.514. The summed E-state index contributed by atoms with van der Waals surface area (Å²) in [5, 5.41) is 8.31. The van der Waals surface area contributed by atoms with Gasteiger partial charge in [-0.05, 0) is 31.4 Å². The Bertz CT molecular complexity index is 736. The molecule has 120 valence electrons. The Hall–Kier alpha value is -2.31. The van der Waals surface area contributed by atoms with Crippen LogP contribution in [-0.4, -0.2) is 38.9 Å². The van der Waals surface area contributed by atoms with Gasteiger partial charge in [-0.15, -0.1) is 5.10 Å². The fraction of sp³-hybridized carbons (Fsp3) is 0.438. The predicted octanol–water partition coefficient (Wildman–Crippen LogP) is 2.52. The van der Waals surface area contributed by atoms with Crippen molar-refractivity contribution in [2.75, 3.05) is 13.1 Å². The zero-order valence-electron chi connectivity index (χ0n) is 12.5. The minimum absolute atomic E-state index is 0.00813. The maximum atomic E-state index is 13.8. The first-order valence-corrected chi connectivity index (χ1v) is 7.78. The minimum atomic E-state index is -0.824. The molecule has 2 aliphatic rings. The molecule has 1 amide bonds. The number of aromatic nitrogens is 3. The van der Waals surface area contributed by atoms with E-state index in [4.69, 9.17) is 0 Å². The van der Waals surface area contributed by atoms with E-state index in [-0.39, 0.29) is 6.04 Å². The van der Waals surface area contributed by atoms with Gasteiger partial charge >= 0.3 is 0 Å². The molecule has 1 saturated carbocycles. The zero-order chi connectivity index (χ0) is 16.0. The van der Waals surface area contributed by atoms with Crippen LogP contribution >= 0.6 is 0 Å². The fourth-order valence-corrected chi connectivity index (χ4v) is 3.04. The molecule has 0 spiro atoms. The lowest BCUT2D eigenvalue weighted by Gasteiger charge is -2.17. The molecule has 0 N–H and O–H groups in total. The zero-order valence-corrected chi connectivity index (χ0v) is 12.5. The molecule has 4 rings (SSSR count). The van der Waals surface area contributed by atoms with E-state index in [2.05, 4.69) is 10.3 Å². The largest absolute Gasteiger partial charge is 0.336 e. The lowest BCUT2D eigenvalue weighted by atomic mass is 10.1. The van der Waals surface area contributed by atoms with Crippen LogP contribution in [0.1, 0.15) is 47.3 Å². The topological polar surface area (TPSA) is 51.0 Å². The number of carbonyl (C=O) groups is 1. The highest BCUT2D eigenvalue weighted by molar-refractivity contribution is 5.95. The smallest absolute Gasteiger partial charge is 0.259 e. The molecular formula is C16H16F2N4O. The number of hydrogen-bond donors (Lipinski definition) is 0. The Labute approximate surface area is 131 Å². The van der Waals surface area contributed by atoms with E-state index in [0.717, 1.165) is 30.7 Å². The first-order valence-electron chi connectivity index (χ1n) is 7.78. The number of likely N-dealkylation sites (tertiary alicyclic amines) is 1. The Morgan fingerprint density at radius 1 is 1.17 bits per heavy atom. The maximum absolute atomic E-state index is 13.8. The summed E-state index contributed by atoms with van der Waals surface area (Å²) in [4.78, 5) is 13.9. The minimum Gasteiger partial charge on any atom is -0.336 e. The summed E-state index contributed by atoms with van der Waals surface area (Å²) in [5.74, 6) is -1.73. The normalized spacial score (nSPS) is 21.0. The third-order valence-corrected chi connectivity index (χ3v) is 4.52. The van der Waals surface area contributed by atoms with Gasteiger partial charge in [0.05, 0.1) is 11.7 Å². The van der Waals surface area contributed by atoms with E-state index >= 15 is 0 Å². The van der Waals surface area contributed by atoms with Crippen molar-refractivity contribution in [3.63, 3.8) is 0 Å². The summed E-state index contributed by atoms with van der Waals surface area (Å²) in [6.45, 7) is 0.843. The van der Waals surface area contributed by atoms with Crippen molar-refractivity contribution in [2.45, 2.75) is 31.2 Å². The average Bonchev–Trinajstić information content (AvgIpc) is 3.07. The second-order valence-corrected chi connectivity index (χ2v) is 6.19. The number of hydrogen-bond acceptors (Lipinski definition) is 3. The van der Waals surface area contributed by atoms with Crippen LogP contribution in [0.25, 0.3) is 0 Å². The number of rotatable bonds is 3. The molecule has 5 nitrogen and oxygen atoms in total. The highest BCUT2D eigenvalue weighted by Gasteiger charge is 2.33. The third kappa shape index (κ3) is 2.60. The average molecular weight is 318 g/mol. The van der Waals surface area contributed by atoms with Gasteiger partial charge in [0.15, 0.2) is 0 Å². The maximum Gasteiger partial charge on any atom is 0.259 e. The fourth-order valence-electron chi connectivity index (χ4n) is 3.04. The van der Waals surface area contributed by atoms with Gasteiger partial charge in [0.2, 0.25) is 0 Å². The van der Waals surface area contributed by atoms with Gasteiger partial charge in [0.1, 0.15) is 17.2 Å². The van der Waals surface area contributed by atoms with Gasteiger partial charge < -0.3 is 4.90 Å². The lowest BCUT2D eigenvalue weighted by Crippen LogP contribution is -2.30. The number of halogens is 2. The number of nitrogens with zero attached hydrogens (tertiary/aromatic N) is 4. The first kappa shape index (κ1) is 14.3. The second-order valence-electron chi connectivity index (χ2n) is 6.19. The molecule has 23 heavy (non-hydrogen) atoms. The quantitative estimate of drug-likeness (QED) is 0.874. The van der Waals surface area contributed by atoms with Crippen molar-refractivity contribution in [3.05, 3.63) is 47.3 Å². The molecule has 1 aromatic heterocycles. The Balaban J connectivity index is 1.50. The van der Waals surface area contributed by atoms with Crippen LogP contribution in [-0.2, 0) is 0 Å². The van der Waals surface area contributed by atoms with Crippen LogP contribution in [0.3, 0.4) is 0 Å². The second kappa shape index (κ2) is 5.40. The van der Waals surface area contributed by atoms with Crippen molar-refractivity contribution in [1.29, 1.82) is 0 Å². The highest BCUT2D eigenvalue weighted by Crippen LogP contribution is 2.39. The van der Waals surface area contributed by atoms with Gasteiger partial charge in [0, 0.05) is 25.2 Å². The molecule has 1 unspecified atom stereocenters. The first-order chi connectivity index (χ1) is 11.1. The number of amides is 1. The molecule has 1 saturated heterocycles. The van der Waals surface area contributed by atoms with E-state index in [9.17, 15) is 13.6 Å². The number of carbonyl (C=O) groups excluding carboxylic acids is 1. The van der Waals surface area contributed by atoms with Gasteiger partial charge in [0.25, 0.3) is 5.91 Å². The monoisotopic (exact) mass is 318 g/mol. The van der Waals surface area contributed by atoms with Crippen LogP contribution in [0.4, 0.5) is 8.78 Å². The SMILES string of the molecule is O=C(c1c(F)cccc1F)N1CCC(n2cc(C3CC3)nn2)C1. The standard InChI is InChI=1S/C16H16F2N4O/c17-12-2-1-3-13(18)15(12)16(23)21-7-6-11(8-21)22-9-14(19-20-22)10-4-5-10/h1-3,9-11H,4-8H2. The molecule has 1 aliphatic carbocycles. The molecule has 1 atom stereocenters. The van der Waals surface area contributed by atoms with E-state index in [1.807, 2.05) is 6.20 Å². The summed E-state index contributed by atoms with van der Waals surface area (Å²) in [7, 11) is 0. The van der Waals surface area contributed by atoms with Gasteiger partial charge in [-0.3, -0.25) is 4.79 Å². The Kier molecular flexibility index (Phi) is 3.36. The number of benzene rings is 1. The van der Waals surface area contributed by atoms with Gasteiger partial charge in [-0.25, -0.2) is 13.5 Å². The molecule has 1 aromatic carbocycles.